The summed E-state index contributed by atoms with van der Waals surface area (Å²) in [6.07, 6.45) is 1.52. The van der Waals surface area contributed by atoms with Crippen LogP contribution in [0.4, 0.5) is 0 Å². The summed E-state index contributed by atoms with van der Waals surface area (Å²) in [4.78, 5) is 29.7. The lowest BCUT2D eigenvalue weighted by atomic mass is 10.1. The summed E-state index contributed by atoms with van der Waals surface area (Å²) in [6, 6.07) is 24.5. The molecule has 4 aromatic carbocycles. The van der Waals surface area contributed by atoms with Crippen LogP contribution in [0.2, 0.25) is 0 Å². The summed E-state index contributed by atoms with van der Waals surface area (Å²) < 4.78 is 20.3. The Hall–Kier alpha value is -4.74. The van der Waals surface area contributed by atoms with Crippen LogP contribution < -0.4 is 15.0 Å². The third kappa shape index (κ3) is 5.81. The van der Waals surface area contributed by atoms with Crippen molar-refractivity contribution in [3.05, 3.63) is 121 Å². The molecule has 11 heteroatoms. The van der Waals surface area contributed by atoms with Gasteiger partial charge in [-0.2, -0.15) is 9.78 Å². The van der Waals surface area contributed by atoms with Crippen LogP contribution in [0, 0.1) is 0 Å². The Balaban J connectivity index is 1.37. The maximum Gasteiger partial charge on any atom is 0.335 e. The van der Waals surface area contributed by atoms with Crippen LogP contribution in [-0.2, 0) is 6.61 Å². The van der Waals surface area contributed by atoms with Crippen molar-refractivity contribution in [3.63, 3.8) is 0 Å². The zero-order chi connectivity index (χ0) is 30.1. The predicted molar refractivity (Wildman–Crippen MR) is 170 cm³/mol. The molecule has 0 aliphatic heterocycles. The first kappa shape index (κ1) is 28.4. The Morgan fingerprint density at radius 1 is 1.02 bits per heavy atom. The molecule has 0 aliphatic carbocycles. The molecule has 0 aliphatic rings. The van der Waals surface area contributed by atoms with Crippen LogP contribution in [0.15, 0.2) is 108 Å². The van der Waals surface area contributed by atoms with Crippen molar-refractivity contribution in [2.45, 2.75) is 6.61 Å². The number of carboxylic acids is 1. The van der Waals surface area contributed by atoms with Crippen molar-refractivity contribution in [1.82, 2.24) is 9.66 Å². The Kier molecular flexibility index (Phi) is 7.83. The number of ether oxygens (including phenoxy) is 2. The third-order valence-electron chi connectivity index (χ3n) is 6.62. The number of furan rings is 1. The molecule has 0 bridgehead atoms. The minimum Gasteiger partial charge on any atom is -0.493 e. The van der Waals surface area contributed by atoms with Gasteiger partial charge in [-0.05, 0) is 82.2 Å². The zero-order valence-electron chi connectivity index (χ0n) is 22.5. The average Bonchev–Trinajstić information content (AvgIpc) is 3.43. The number of aromatic carboxylic acids is 1. The molecule has 0 radical (unpaired) electrons. The van der Waals surface area contributed by atoms with E-state index in [1.54, 1.807) is 48.5 Å². The minimum absolute atomic E-state index is 0.132. The van der Waals surface area contributed by atoms with E-state index < -0.39 is 5.97 Å². The molecule has 0 saturated carbocycles. The van der Waals surface area contributed by atoms with Gasteiger partial charge in [-0.15, -0.1) is 0 Å². The van der Waals surface area contributed by atoms with Crippen LogP contribution in [-0.4, -0.2) is 34.1 Å². The first-order chi connectivity index (χ1) is 20.8. The van der Waals surface area contributed by atoms with E-state index in [0.29, 0.717) is 49.3 Å². The number of halogens is 2. The second-order valence-electron chi connectivity index (χ2n) is 9.43. The summed E-state index contributed by atoms with van der Waals surface area (Å²) in [6.45, 7) is 0.132. The van der Waals surface area contributed by atoms with Gasteiger partial charge in [-0.3, -0.25) is 4.79 Å². The van der Waals surface area contributed by atoms with E-state index in [0.717, 1.165) is 9.86 Å². The molecule has 0 atom stereocenters. The maximum atomic E-state index is 13.6. The van der Waals surface area contributed by atoms with Crippen LogP contribution in [0.3, 0.4) is 0 Å². The van der Waals surface area contributed by atoms with Gasteiger partial charge >= 0.3 is 5.97 Å². The molecule has 2 aromatic heterocycles. The fraction of sp³-hybridized carbons (Fsp3) is 0.0625. The monoisotopic (exact) mass is 701 g/mol. The van der Waals surface area contributed by atoms with Gasteiger partial charge in [0.2, 0.25) is 5.82 Å². The van der Waals surface area contributed by atoms with Crippen molar-refractivity contribution in [2.75, 3.05) is 7.11 Å². The summed E-state index contributed by atoms with van der Waals surface area (Å²) in [7, 11) is 1.51. The van der Waals surface area contributed by atoms with Gasteiger partial charge in [0.15, 0.2) is 17.3 Å². The van der Waals surface area contributed by atoms with Crippen molar-refractivity contribution in [3.8, 4) is 23.1 Å². The standard InChI is InChI=1S/C32H21Br2N3O6/c1-41-27-14-21(24(34)15-28(27)42-17-18-5-4-6-19(11-18)32(39)40)16-35-37-30(36-25-8-3-2-7-23(25)31(37)38)29-13-20-12-22(33)9-10-26(20)43-29/h2-16H,17H2,1H3,(H,39,40). The average molecular weight is 703 g/mol. The van der Waals surface area contributed by atoms with Gasteiger partial charge in [0.05, 0.1) is 29.8 Å². The van der Waals surface area contributed by atoms with E-state index in [1.165, 1.54) is 24.1 Å². The lowest BCUT2D eigenvalue weighted by Crippen LogP contribution is -2.20. The highest BCUT2D eigenvalue weighted by molar-refractivity contribution is 9.10. The molecule has 0 spiro atoms. The second-order valence-corrected chi connectivity index (χ2v) is 11.2. The van der Waals surface area contributed by atoms with Crippen LogP contribution in [0.25, 0.3) is 33.5 Å². The van der Waals surface area contributed by atoms with E-state index in [1.807, 2.05) is 30.3 Å². The Morgan fingerprint density at radius 2 is 1.86 bits per heavy atom. The normalized spacial score (nSPS) is 11.4. The van der Waals surface area contributed by atoms with E-state index in [9.17, 15) is 14.7 Å². The number of aromatic nitrogens is 2. The number of carboxylic acid groups (broad SMARTS) is 1. The molecule has 0 saturated heterocycles. The highest BCUT2D eigenvalue weighted by Gasteiger charge is 2.17. The number of fused-ring (bicyclic) bond motifs is 2. The van der Waals surface area contributed by atoms with Gasteiger partial charge in [0.25, 0.3) is 5.56 Å². The highest BCUT2D eigenvalue weighted by atomic mass is 79.9. The number of methoxy groups -OCH3 is 1. The number of hydrogen-bond donors (Lipinski definition) is 1. The third-order valence-corrected chi connectivity index (χ3v) is 7.80. The predicted octanol–water partition coefficient (Wildman–Crippen LogP) is 7.50. The largest absolute Gasteiger partial charge is 0.493 e. The van der Waals surface area contributed by atoms with Crippen molar-refractivity contribution in [2.24, 2.45) is 5.10 Å². The molecule has 9 nitrogen and oxygen atoms in total. The molecule has 6 aromatic rings. The molecule has 0 fully saturated rings. The molecular formula is C32H21Br2N3O6. The van der Waals surface area contributed by atoms with Gasteiger partial charge in [-0.1, -0.05) is 40.2 Å². The van der Waals surface area contributed by atoms with E-state index in [4.69, 9.17) is 18.9 Å². The Labute approximate surface area is 261 Å². The zero-order valence-corrected chi connectivity index (χ0v) is 25.6. The number of nitrogens with zero attached hydrogens (tertiary/aromatic N) is 3. The highest BCUT2D eigenvalue weighted by Crippen LogP contribution is 2.34. The fourth-order valence-electron chi connectivity index (χ4n) is 4.51. The smallest absolute Gasteiger partial charge is 0.335 e. The molecular weight excluding hydrogens is 682 g/mol. The molecule has 2 heterocycles. The summed E-state index contributed by atoms with van der Waals surface area (Å²) in [5.41, 5.74) is 2.29. The van der Waals surface area contributed by atoms with Gasteiger partial charge in [0.1, 0.15) is 12.2 Å². The molecule has 43 heavy (non-hydrogen) atoms. The second kappa shape index (κ2) is 11.9. The quantitative estimate of drug-likeness (QED) is 0.163. The number of carbonyl (C=O) groups is 1. The van der Waals surface area contributed by atoms with Crippen LogP contribution in [0.5, 0.6) is 11.5 Å². The Morgan fingerprint density at radius 3 is 2.67 bits per heavy atom. The number of para-hydroxylation sites is 1. The molecule has 0 unspecified atom stereocenters. The van der Waals surface area contributed by atoms with Crippen molar-refractivity contribution in [1.29, 1.82) is 0 Å². The van der Waals surface area contributed by atoms with Gasteiger partial charge in [-0.25, -0.2) is 9.78 Å². The lowest BCUT2D eigenvalue weighted by molar-refractivity contribution is 0.0696. The van der Waals surface area contributed by atoms with Crippen molar-refractivity contribution < 1.29 is 23.8 Å². The fourth-order valence-corrected chi connectivity index (χ4v) is 5.32. The molecule has 6 rings (SSSR count). The summed E-state index contributed by atoms with van der Waals surface area (Å²) >= 11 is 7.04. The van der Waals surface area contributed by atoms with Crippen LogP contribution >= 0.6 is 31.9 Å². The minimum atomic E-state index is -1.01. The van der Waals surface area contributed by atoms with Gasteiger partial charge < -0.3 is 19.0 Å². The first-order valence-corrected chi connectivity index (χ1v) is 14.5. The summed E-state index contributed by atoms with van der Waals surface area (Å²) in [5.74, 6) is 0.486. The van der Waals surface area contributed by atoms with E-state index >= 15 is 0 Å². The number of rotatable bonds is 8. The van der Waals surface area contributed by atoms with Crippen LogP contribution in [0.1, 0.15) is 21.5 Å². The Bertz CT molecular complexity index is 2120. The SMILES string of the molecule is COc1cc(C=Nn2c(-c3cc4cc(Br)ccc4o3)nc3ccccc3c2=O)c(Br)cc1OCc1cccc(C(=O)O)c1. The molecule has 214 valence electrons. The van der Waals surface area contributed by atoms with E-state index in [-0.39, 0.29) is 23.6 Å². The number of hydrogen-bond acceptors (Lipinski definition) is 7. The van der Waals surface area contributed by atoms with E-state index in [2.05, 4.69) is 37.0 Å². The summed E-state index contributed by atoms with van der Waals surface area (Å²) in [5, 5.41) is 15.1. The molecule has 1 N–H and O–H groups in total. The maximum absolute atomic E-state index is 13.6. The van der Waals surface area contributed by atoms with Gasteiger partial charge in [0, 0.05) is 19.9 Å². The topological polar surface area (TPSA) is 116 Å². The number of benzene rings is 4. The lowest BCUT2D eigenvalue weighted by Gasteiger charge is -2.13. The first-order valence-electron chi connectivity index (χ1n) is 12.9. The molecule has 0 amide bonds. The van der Waals surface area contributed by atoms with Crippen molar-refractivity contribution >= 4 is 65.9 Å².